The molecule has 2 aromatic rings. The quantitative estimate of drug-likeness (QED) is 0.760. The summed E-state index contributed by atoms with van der Waals surface area (Å²) in [5.41, 5.74) is 7.22. The third-order valence-electron chi connectivity index (χ3n) is 3.34. The number of aromatic hydroxyl groups is 1. The minimum atomic E-state index is -0.535. The topological polar surface area (TPSA) is 76.7 Å². The lowest BCUT2D eigenvalue weighted by Gasteiger charge is -2.21. The number of nitrogens with one attached hydrogen (secondary N) is 1. The highest BCUT2D eigenvalue weighted by Crippen LogP contribution is 2.38. The number of nitrogen functional groups attached to an aromatic ring is 1. The number of methoxy groups -OCH3 is 1. The summed E-state index contributed by atoms with van der Waals surface area (Å²) in [6, 6.07) is 7.43. The molecule has 114 valence electrons. The van der Waals surface area contributed by atoms with E-state index in [1.165, 1.54) is 19.2 Å². The fraction of sp³-hybridized carbons (Fsp3) is 0.125. The number of fused-ring (bicyclic) bond motifs is 1. The van der Waals surface area contributed by atoms with Gasteiger partial charge in [-0.05, 0) is 24.3 Å². The first kappa shape index (κ1) is 14.1. The van der Waals surface area contributed by atoms with E-state index in [9.17, 15) is 9.50 Å². The molecule has 0 unspecified atom stereocenters. The Labute approximate surface area is 126 Å². The Morgan fingerprint density at radius 2 is 2.05 bits per heavy atom. The van der Waals surface area contributed by atoms with Gasteiger partial charge in [-0.3, -0.25) is 0 Å². The van der Waals surface area contributed by atoms with Crippen LogP contribution < -0.4 is 20.5 Å². The highest BCUT2D eigenvalue weighted by Gasteiger charge is 2.19. The van der Waals surface area contributed by atoms with Crippen LogP contribution in [0.15, 0.2) is 36.4 Å². The molecular weight excluding hydrogens is 287 g/mol. The average molecular weight is 302 g/mol. The van der Waals surface area contributed by atoms with Crippen molar-refractivity contribution in [3.63, 3.8) is 0 Å². The summed E-state index contributed by atoms with van der Waals surface area (Å²) >= 11 is 0. The van der Waals surface area contributed by atoms with Gasteiger partial charge >= 0.3 is 0 Å². The molecule has 0 spiro atoms. The first-order valence-electron chi connectivity index (χ1n) is 6.67. The molecule has 1 aliphatic heterocycles. The van der Waals surface area contributed by atoms with Crippen molar-refractivity contribution in [2.45, 2.75) is 0 Å². The van der Waals surface area contributed by atoms with Crippen LogP contribution >= 0.6 is 0 Å². The molecule has 6 heteroatoms. The number of anilines is 2. The molecule has 1 aliphatic rings. The minimum Gasteiger partial charge on any atom is -0.504 e. The number of hydrogen-bond acceptors (Lipinski definition) is 5. The van der Waals surface area contributed by atoms with Crippen molar-refractivity contribution >= 4 is 17.1 Å². The molecule has 0 amide bonds. The maximum Gasteiger partial charge on any atom is 0.167 e. The molecule has 0 fully saturated rings. The summed E-state index contributed by atoms with van der Waals surface area (Å²) in [5, 5.41) is 12.9. The zero-order valence-electron chi connectivity index (χ0n) is 11.9. The maximum absolute atomic E-state index is 13.9. The fourth-order valence-electron chi connectivity index (χ4n) is 2.26. The minimum absolute atomic E-state index is 0.0219. The van der Waals surface area contributed by atoms with E-state index in [1.54, 1.807) is 24.3 Å². The summed E-state index contributed by atoms with van der Waals surface area (Å²) in [5.74, 6) is 0.367. The Morgan fingerprint density at radius 3 is 2.77 bits per heavy atom. The van der Waals surface area contributed by atoms with Crippen molar-refractivity contribution in [2.24, 2.45) is 0 Å². The molecule has 0 aromatic heterocycles. The first-order valence-corrected chi connectivity index (χ1v) is 6.67. The lowest BCUT2D eigenvalue weighted by Crippen LogP contribution is -2.11. The van der Waals surface area contributed by atoms with E-state index in [0.717, 1.165) is 0 Å². The molecule has 4 N–H and O–H groups in total. The summed E-state index contributed by atoms with van der Waals surface area (Å²) in [4.78, 5) is 0. The Morgan fingerprint density at radius 1 is 1.23 bits per heavy atom. The van der Waals surface area contributed by atoms with E-state index in [-0.39, 0.29) is 11.5 Å². The number of phenolic OH excluding ortho intramolecular Hbond substituents is 1. The highest BCUT2D eigenvalue weighted by molar-refractivity contribution is 5.79. The van der Waals surface area contributed by atoms with E-state index >= 15 is 0 Å². The van der Waals surface area contributed by atoms with Gasteiger partial charge in [-0.25, -0.2) is 4.39 Å². The van der Waals surface area contributed by atoms with Crippen LogP contribution in [0.1, 0.15) is 5.56 Å². The van der Waals surface area contributed by atoms with E-state index in [4.69, 9.17) is 15.2 Å². The zero-order chi connectivity index (χ0) is 15.7. The van der Waals surface area contributed by atoms with Crippen LogP contribution in [-0.2, 0) is 0 Å². The fourth-order valence-corrected chi connectivity index (χ4v) is 2.26. The molecule has 2 aromatic carbocycles. The van der Waals surface area contributed by atoms with Crippen LogP contribution in [0.5, 0.6) is 17.2 Å². The molecule has 0 bridgehead atoms. The van der Waals surface area contributed by atoms with Gasteiger partial charge in [0.25, 0.3) is 0 Å². The van der Waals surface area contributed by atoms with Crippen molar-refractivity contribution in [3.8, 4) is 17.2 Å². The predicted molar refractivity (Wildman–Crippen MR) is 82.6 cm³/mol. The monoisotopic (exact) mass is 302 g/mol. The molecule has 0 saturated carbocycles. The average Bonchev–Trinajstić information content (AvgIpc) is 2.49. The third kappa shape index (κ3) is 2.50. The van der Waals surface area contributed by atoms with Gasteiger partial charge in [0, 0.05) is 35.6 Å². The highest BCUT2D eigenvalue weighted by atomic mass is 19.1. The number of rotatable bonds is 3. The van der Waals surface area contributed by atoms with E-state index in [2.05, 4.69) is 5.32 Å². The standard InChI is InChI=1S/C16H15FN2O3/c1-21-16-7-10-12(8-13(16)20)19-5-4-14(10)22-15-3-2-9(18)6-11(15)17/h2-4,6-8,19-20H,5,18H2,1H3. The second-order valence-electron chi connectivity index (χ2n) is 4.81. The van der Waals surface area contributed by atoms with Crippen LogP contribution in [-0.4, -0.2) is 18.8 Å². The number of halogens is 1. The molecular formula is C16H15FN2O3. The number of hydrogen-bond donors (Lipinski definition) is 3. The summed E-state index contributed by atoms with van der Waals surface area (Å²) in [6.45, 7) is 0.505. The van der Waals surface area contributed by atoms with E-state index in [1.807, 2.05) is 0 Å². The van der Waals surface area contributed by atoms with Crippen LogP contribution in [0, 0.1) is 5.82 Å². The maximum atomic E-state index is 13.9. The SMILES string of the molecule is COc1cc2c(cc1O)NCC=C2Oc1ccc(N)cc1F. The van der Waals surface area contributed by atoms with Gasteiger partial charge in [-0.2, -0.15) is 0 Å². The largest absolute Gasteiger partial charge is 0.504 e. The van der Waals surface area contributed by atoms with Gasteiger partial charge < -0.3 is 25.6 Å². The molecule has 0 saturated heterocycles. The Hall–Kier alpha value is -2.89. The lowest BCUT2D eigenvalue weighted by atomic mass is 10.1. The van der Waals surface area contributed by atoms with Crippen LogP contribution in [0.4, 0.5) is 15.8 Å². The molecule has 5 nitrogen and oxygen atoms in total. The van der Waals surface area contributed by atoms with Gasteiger partial charge in [0.1, 0.15) is 5.76 Å². The van der Waals surface area contributed by atoms with Crippen molar-refractivity contribution in [1.29, 1.82) is 0 Å². The van der Waals surface area contributed by atoms with Gasteiger partial charge in [0.15, 0.2) is 23.1 Å². The number of phenols is 1. The van der Waals surface area contributed by atoms with Gasteiger partial charge in [0.05, 0.1) is 7.11 Å². The second-order valence-corrected chi connectivity index (χ2v) is 4.81. The van der Waals surface area contributed by atoms with Crippen molar-refractivity contribution in [1.82, 2.24) is 0 Å². The Kier molecular flexibility index (Phi) is 3.50. The van der Waals surface area contributed by atoms with E-state index < -0.39 is 5.82 Å². The normalized spacial score (nSPS) is 12.9. The number of nitrogens with two attached hydrogens (primary N) is 1. The first-order chi connectivity index (χ1) is 10.6. The van der Waals surface area contributed by atoms with Gasteiger partial charge in [-0.1, -0.05) is 0 Å². The van der Waals surface area contributed by atoms with Crippen molar-refractivity contribution < 1.29 is 19.0 Å². The lowest BCUT2D eigenvalue weighted by molar-refractivity contribution is 0.373. The number of benzene rings is 2. The van der Waals surface area contributed by atoms with Crippen molar-refractivity contribution in [2.75, 3.05) is 24.7 Å². The zero-order valence-corrected chi connectivity index (χ0v) is 11.9. The molecule has 1 heterocycles. The van der Waals surface area contributed by atoms with Crippen LogP contribution in [0.2, 0.25) is 0 Å². The summed E-state index contributed by atoms with van der Waals surface area (Å²) in [6.07, 6.45) is 1.79. The molecule has 3 rings (SSSR count). The third-order valence-corrected chi connectivity index (χ3v) is 3.34. The van der Waals surface area contributed by atoms with Gasteiger partial charge in [0.2, 0.25) is 0 Å². The van der Waals surface area contributed by atoms with Gasteiger partial charge in [-0.15, -0.1) is 0 Å². The summed E-state index contributed by atoms with van der Waals surface area (Å²) < 4.78 is 24.6. The summed E-state index contributed by atoms with van der Waals surface area (Å²) in [7, 11) is 1.46. The predicted octanol–water partition coefficient (Wildman–Crippen LogP) is 2.97. The molecule has 22 heavy (non-hydrogen) atoms. The number of ether oxygens (including phenoxy) is 2. The van der Waals surface area contributed by atoms with Crippen molar-refractivity contribution in [3.05, 3.63) is 47.8 Å². The Bertz CT molecular complexity index is 759. The molecule has 0 radical (unpaired) electrons. The van der Waals surface area contributed by atoms with Crippen LogP contribution in [0.3, 0.4) is 0 Å². The molecule has 0 atom stereocenters. The molecule has 0 aliphatic carbocycles. The Balaban J connectivity index is 1.98. The van der Waals surface area contributed by atoms with Crippen LogP contribution in [0.25, 0.3) is 5.76 Å². The second kappa shape index (κ2) is 5.48. The smallest absolute Gasteiger partial charge is 0.167 e. The van der Waals surface area contributed by atoms with E-state index in [0.29, 0.717) is 35.0 Å².